The number of benzene rings is 1. The average molecular weight is 244 g/mol. The maximum absolute atomic E-state index is 5.72. The first-order valence-corrected chi connectivity index (χ1v) is 7.35. The van der Waals surface area contributed by atoms with Crippen LogP contribution in [0.2, 0.25) is 0 Å². The largest absolute Gasteiger partial charge is 0.371 e. The predicted molar refractivity (Wildman–Crippen MR) is 76.7 cm³/mol. The van der Waals surface area contributed by atoms with Crippen molar-refractivity contribution in [2.24, 2.45) is 11.1 Å². The highest BCUT2D eigenvalue weighted by atomic mass is 15.1. The lowest BCUT2D eigenvalue weighted by atomic mass is 9.77. The third-order valence-electron chi connectivity index (χ3n) is 5.00. The molecule has 1 saturated heterocycles. The summed E-state index contributed by atoms with van der Waals surface area (Å²) in [6.07, 6.45) is 8.65. The molecule has 1 heterocycles. The second-order valence-electron chi connectivity index (χ2n) is 6.07. The van der Waals surface area contributed by atoms with Gasteiger partial charge in [-0.05, 0) is 48.8 Å². The molecule has 2 aliphatic rings. The average Bonchev–Trinajstić information content (AvgIpc) is 2.88. The van der Waals surface area contributed by atoms with Crippen molar-refractivity contribution in [1.82, 2.24) is 0 Å². The van der Waals surface area contributed by atoms with Crippen molar-refractivity contribution < 1.29 is 0 Å². The molecule has 0 amide bonds. The van der Waals surface area contributed by atoms with Gasteiger partial charge in [0.15, 0.2) is 0 Å². The van der Waals surface area contributed by atoms with Gasteiger partial charge < -0.3 is 10.6 Å². The van der Waals surface area contributed by atoms with E-state index in [-0.39, 0.29) is 0 Å². The molecule has 0 atom stereocenters. The fourth-order valence-corrected chi connectivity index (χ4v) is 3.74. The Kier molecular flexibility index (Phi) is 3.29. The van der Waals surface area contributed by atoms with Crippen molar-refractivity contribution in [2.45, 2.75) is 45.1 Å². The molecule has 1 saturated carbocycles. The maximum Gasteiger partial charge on any atom is 0.0369 e. The molecule has 0 radical (unpaired) electrons. The molecule has 1 aliphatic carbocycles. The van der Waals surface area contributed by atoms with E-state index >= 15 is 0 Å². The van der Waals surface area contributed by atoms with E-state index in [0.717, 1.165) is 0 Å². The summed E-state index contributed by atoms with van der Waals surface area (Å²) >= 11 is 0. The number of nitrogens with zero attached hydrogens (tertiary/aromatic N) is 1. The Bertz CT molecular complexity index is 397. The third-order valence-corrected chi connectivity index (χ3v) is 5.00. The minimum absolute atomic E-state index is 0.644. The molecule has 1 aromatic rings. The normalized spacial score (nSPS) is 22.6. The fourth-order valence-electron chi connectivity index (χ4n) is 3.74. The Morgan fingerprint density at radius 3 is 2.44 bits per heavy atom. The molecule has 1 aliphatic heterocycles. The second-order valence-corrected chi connectivity index (χ2v) is 6.07. The van der Waals surface area contributed by atoms with E-state index in [1.807, 2.05) is 0 Å². The third kappa shape index (κ3) is 2.26. The lowest BCUT2D eigenvalue weighted by Crippen LogP contribution is -2.38. The van der Waals surface area contributed by atoms with Crippen molar-refractivity contribution in [1.29, 1.82) is 0 Å². The van der Waals surface area contributed by atoms with Crippen LogP contribution < -0.4 is 10.6 Å². The van der Waals surface area contributed by atoms with Crippen molar-refractivity contribution in [3.05, 3.63) is 29.8 Å². The van der Waals surface area contributed by atoms with Gasteiger partial charge in [-0.1, -0.05) is 25.0 Å². The van der Waals surface area contributed by atoms with Crippen molar-refractivity contribution >= 4 is 5.69 Å². The minimum Gasteiger partial charge on any atom is -0.371 e. The number of rotatable bonds is 2. The van der Waals surface area contributed by atoms with E-state index in [2.05, 4.69) is 29.2 Å². The van der Waals surface area contributed by atoms with E-state index in [1.54, 1.807) is 0 Å². The summed E-state index contributed by atoms with van der Waals surface area (Å²) in [5.74, 6) is 0. The Morgan fingerprint density at radius 1 is 1.06 bits per heavy atom. The van der Waals surface area contributed by atoms with Gasteiger partial charge in [0.25, 0.3) is 0 Å². The van der Waals surface area contributed by atoms with Gasteiger partial charge in [-0.15, -0.1) is 0 Å². The topological polar surface area (TPSA) is 29.3 Å². The zero-order chi connectivity index (χ0) is 12.4. The van der Waals surface area contributed by atoms with Gasteiger partial charge in [-0.2, -0.15) is 0 Å². The van der Waals surface area contributed by atoms with Crippen LogP contribution in [-0.2, 0) is 6.54 Å². The smallest absolute Gasteiger partial charge is 0.0369 e. The SMILES string of the molecule is NCc1cccc(N2CCC3(CCCC3)CC2)c1. The summed E-state index contributed by atoms with van der Waals surface area (Å²) in [5, 5.41) is 0. The molecule has 2 fully saturated rings. The number of nitrogens with two attached hydrogens (primary N) is 1. The zero-order valence-electron chi connectivity index (χ0n) is 11.2. The standard InChI is InChI=1S/C16H24N2/c17-13-14-4-3-5-15(12-14)18-10-8-16(9-11-18)6-1-2-7-16/h3-5,12H,1-2,6-11,13,17H2. The summed E-state index contributed by atoms with van der Waals surface area (Å²) in [6.45, 7) is 3.10. The van der Waals surface area contributed by atoms with Crippen LogP contribution in [0.1, 0.15) is 44.1 Å². The van der Waals surface area contributed by atoms with Crippen molar-refractivity contribution in [2.75, 3.05) is 18.0 Å². The van der Waals surface area contributed by atoms with E-state index in [0.29, 0.717) is 12.0 Å². The summed E-state index contributed by atoms with van der Waals surface area (Å²) < 4.78 is 0. The van der Waals surface area contributed by atoms with Gasteiger partial charge in [0.2, 0.25) is 0 Å². The molecule has 2 N–H and O–H groups in total. The monoisotopic (exact) mass is 244 g/mol. The summed E-state index contributed by atoms with van der Waals surface area (Å²) in [7, 11) is 0. The van der Waals surface area contributed by atoms with Gasteiger partial charge in [0.1, 0.15) is 0 Å². The van der Waals surface area contributed by atoms with Gasteiger partial charge in [-0.25, -0.2) is 0 Å². The molecule has 18 heavy (non-hydrogen) atoms. The van der Waals surface area contributed by atoms with Crippen LogP contribution in [0.5, 0.6) is 0 Å². The second kappa shape index (κ2) is 4.93. The maximum atomic E-state index is 5.72. The number of hydrogen-bond donors (Lipinski definition) is 1. The first kappa shape index (κ1) is 12.0. The highest BCUT2D eigenvalue weighted by Crippen LogP contribution is 2.46. The Hall–Kier alpha value is -1.02. The molecule has 2 nitrogen and oxygen atoms in total. The van der Waals surface area contributed by atoms with Gasteiger partial charge in [-0.3, -0.25) is 0 Å². The molecule has 0 unspecified atom stereocenters. The van der Waals surface area contributed by atoms with Crippen LogP contribution in [0.3, 0.4) is 0 Å². The highest BCUT2D eigenvalue weighted by Gasteiger charge is 2.36. The molecule has 0 bridgehead atoms. The number of piperidine rings is 1. The van der Waals surface area contributed by atoms with Crippen molar-refractivity contribution in [3.63, 3.8) is 0 Å². The van der Waals surface area contributed by atoms with E-state index < -0.39 is 0 Å². The lowest BCUT2D eigenvalue weighted by molar-refractivity contribution is 0.226. The van der Waals surface area contributed by atoms with Crippen LogP contribution in [0.15, 0.2) is 24.3 Å². The van der Waals surface area contributed by atoms with E-state index in [4.69, 9.17) is 5.73 Å². The minimum atomic E-state index is 0.644. The zero-order valence-corrected chi connectivity index (χ0v) is 11.2. The van der Waals surface area contributed by atoms with Crippen LogP contribution in [0, 0.1) is 5.41 Å². The van der Waals surface area contributed by atoms with Crippen LogP contribution in [0.4, 0.5) is 5.69 Å². The van der Waals surface area contributed by atoms with Crippen molar-refractivity contribution in [3.8, 4) is 0 Å². The summed E-state index contributed by atoms with van der Waals surface area (Å²) in [4.78, 5) is 2.54. The molecule has 98 valence electrons. The Morgan fingerprint density at radius 2 is 1.78 bits per heavy atom. The van der Waals surface area contributed by atoms with Gasteiger partial charge >= 0.3 is 0 Å². The van der Waals surface area contributed by atoms with E-state index in [9.17, 15) is 0 Å². The Labute approximate surface area is 110 Å². The predicted octanol–water partition coefficient (Wildman–Crippen LogP) is 3.31. The van der Waals surface area contributed by atoms with Gasteiger partial charge in [0.05, 0.1) is 0 Å². The molecule has 2 heteroatoms. The molecule has 1 spiro atoms. The summed E-state index contributed by atoms with van der Waals surface area (Å²) in [5.41, 5.74) is 9.05. The van der Waals surface area contributed by atoms with Crippen LogP contribution in [-0.4, -0.2) is 13.1 Å². The van der Waals surface area contributed by atoms with Crippen LogP contribution in [0.25, 0.3) is 0 Å². The first-order valence-electron chi connectivity index (χ1n) is 7.35. The highest BCUT2D eigenvalue weighted by molar-refractivity contribution is 5.49. The number of hydrogen-bond acceptors (Lipinski definition) is 2. The molecular formula is C16H24N2. The van der Waals surface area contributed by atoms with Crippen LogP contribution >= 0.6 is 0 Å². The summed E-state index contributed by atoms with van der Waals surface area (Å²) in [6, 6.07) is 8.74. The quantitative estimate of drug-likeness (QED) is 0.865. The number of anilines is 1. The molecule has 0 aromatic heterocycles. The molecular weight excluding hydrogens is 220 g/mol. The molecule has 1 aromatic carbocycles. The van der Waals surface area contributed by atoms with Gasteiger partial charge in [0, 0.05) is 25.3 Å². The lowest BCUT2D eigenvalue weighted by Gasteiger charge is -2.40. The van der Waals surface area contributed by atoms with E-state index in [1.165, 1.54) is 62.9 Å². The fraction of sp³-hybridized carbons (Fsp3) is 0.625. The Balaban J connectivity index is 1.68. The molecule has 3 rings (SSSR count). The first-order chi connectivity index (χ1) is 8.81.